The molecule has 1 N–H and O–H groups in total. The number of dihydropyridines is 1. The van der Waals surface area contributed by atoms with E-state index in [1.54, 1.807) is 11.8 Å². The van der Waals surface area contributed by atoms with E-state index in [-0.39, 0.29) is 23.1 Å². The maximum absolute atomic E-state index is 13.2. The lowest BCUT2D eigenvalue weighted by Gasteiger charge is -2.39. The topological polar surface area (TPSA) is 55.4 Å². The maximum atomic E-state index is 13.2. The van der Waals surface area contributed by atoms with E-state index in [0.29, 0.717) is 18.6 Å². The largest absolute Gasteiger partial charge is 0.461 e. The van der Waals surface area contributed by atoms with Gasteiger partial charge in [0.05, 0.1) is 5.57 Å². The molecule has 162 valence electrons. The smallest absolute Gasteiger partial charge is 0.336 e. The highest BCUT2D eigenvalue weighted by Gasteiger charge is 2.43. The Morgan fingerprint density at radius 3 is 2.53 bits per heavy atom. The number of esters is 1. The molecule has 4 nitrogen and oxygen atoms in total. The van der Waals surface area contributed by atoms with Crippen molar-refractivity contribution in [1.29, 1.82) is 0 Å². The van der Waals surface area contributed by atoms with Crippen LogP contribution in [0.5, 0.6) is 0 Å². The zero-order valence-electron chi connectivity index (χ0n) is 18.8. The predicted octanol–water partition coefficient (Wildman–Crippen LogP) is 5.15. The molecular weight excluding hydrogens is 394 g/mol. The summed E-state index contributed by atoms with van der Waals surface area (Å²) < 4.78 is 5.62. The van der Waals surface area contributed by atoms with Crippen molar-refractivity contribution in [2.75, 3.05) is 18.1 Å². The van der Waals surface area contributed by atoms with Gasteiger partial charge in [0, 0.05) is 35.1 Å². The van der Waals surface area contributed by atoms with Gasteiger partial charge in [-0.25, -0.2) is 4.79 Å². The van der Waals surface area contributed by atoms with E-state index in [4.69, 9.17) is 4.74 Å². The molecule has 1 aliphatic heterocycles. The van der Waals surface area contributed by atoms with Crippen molar-refractivity contribution in [3.8, 4) is 0 Å². The van der Waals surface area contributed by atoms with Gasteiger partial charge >= 0.3 is 5.97 Å². The second-order valence-electron chi connectivity index (χ2n) is 8.86. The van der Waals surface area contributed by atoms with Gasteiger partial charge in [0.1, 0.15) is 6.61 Å². The molecule has 0 unspecified atom stereocenters. The number of hydrogen-bond donors (Lipinski definition) is 1. The van der Waals surface area contributed by atoms with Crippen LogP contribution in [-0.2, 0) is 20.7 Å². The minimum atomic E-state index is -0.373. The number of nitrogens with one attached hydrogen (secondary N) is 1. The van der Waals surface area contributed by atoms with Crippen molar-refractivity contribution in [2.45, 2.75) is 59.8 Å². The molecule has 1 heterocycles. The van der Waals surface area contributed by atoms with Gasteiger partial charge in [-0.15, -0.1) is 0 Å². The molecule has 0 saturated carbocycles. The summed E-state index contributed by atoms with van der Waals surface area (Å²) in [4.78, 5) is 26.4. The Kier molecular flexibility index (Phi) is 7.12. The summed E-state index contributed by atoms with van der Waals surface area (Å²) in [6.45, 7) is 10.7. The van der Waals surface area contributed by atoms with Crippen LogP contribution in [0, 0.1) is 5.41 Å². The van der Waals surface area contributed by atoms with Crippen molar-refractivity contribution in [3.05, 3.63) is 57.9 Å². The van der Waals surface area contributed by atoms with Gasteiger partial charge in [-0.1, -0.05) is 52.0 Å². The highest BCUT2D eigenvalue weighted by atomic mass is 32.2. The number of ether oxygens (including phenoxy) is 1. The molecule has 2 aliphatic rings. The van der Waals surface area contributed by atoms with Crippen molar-refractivity contribution in [1.82, 2.24) is 5.32 Å². The number of ketones is 1. The Morgan fingerprint density at radius 1 is 1.20 bits per heavy atom. The van der Waals surface area contributed by atoms with Crippen molar-refractivity contribution in [2.24, 2.45) is 5.41 Å². The average Bonchev–Trinajstić information content (AvgIpc) is 2.69. The Bertz CT molecular complexity index is 880. The standard InChI is InChI=1S/C25H33NO3S/c1-6-17-8-10-18(11-9-17)22-21(24(28)29-12-13-30-7-2)16(3)26-19-14-25(4,5)15-20(27)23(19)22/h8-11,22,26H,6-7,12-15H2,1-5H3/t22-/m1/s1. The Labute approximate surface area is 184 Å². The second kappa shape index (κ2) is 9.42. The molecule has 1 atom stereocenters. The molecule has 0 spiro atoms. The Morgan fingerprint density at radius 2 is 1.90 bits per heavy atom. The first-order valence-corrected chi connectivity index (χ1v) is 12.0. The van der Waals surface area contributed by atoms with Gasteiger partial charge in [-0.05, 0) is 42.1 Å². The number of allylic oxidation sites excluding steroid dienone is 3. The minimum absolute atomic E-state index is 0.0881. The summed E-state index contributed by atoms with van der Waals surface area (Å²) in [6, 6.07) is 8.29. The second-order valence-corrected chi connectivity index (χ2v) is 10.3. The van der Waals surface area contributed by atoms with Gasteiger partial charge in [-0.2, -0.15) is 11.8 Å². The number of thioether (sulfide) groups is 1. The van der Waals surface area contributed by atoms with Crippen LogP contribution in [0.4, 0.5) is 0 Å². The Balaban J connectivity index is 2.02. The summed E-state index contributed by atoms with van der Waals surface area (Å²) in [6.07, 6.45) is 2.24. The molecule has 30 heavy (non-hydrogen) atoms. The third kappa shape index (κ3) is 4.83. The molecule has 0 bridgehead atoms. The van der Waals surface area contributed by atoms with E-state index in [2.05, 4.69) is 57.3 Å². The molecule has 0 saturated heterocycles. The van der Waals surface area contributed by atoms with Crippen molar-refractivity contribution < 1.29 is 14.3 Å². The fraction of sp³-hybridized carbons (Fsp3) is 0.520. The van der Waals surface area contributed by atoms with Crippen molar-refractivity contribution in [3.63, 3.8) is 0 Å². The average molecular weight is 428 g/mol. The third-order valence-electron chi connectivity index (χ3n) is 5.85. The first-order valence-electron chi connectivity index (χ1n) is 10.8. The van der Waals surface area contributed by atoms with Crippen LogP contribution in [0.2, 0.25) is 0 Å². The number of benzene rings is 1. The molecule has 0 aromatic heterocycles. The zero-order chi connectivity index (χ0) is 21.9. The van der Waals surface area contributed by atoms with Crippen LogP contribution in [0.3, 0.4) is 0 Å². The van der Waals surface area contributed by atoms with Crippen LogP contribution in [-0.4, -0.2) is 29.9 Å². The molecule has 0 fully saturated rings. The summed E-state index contributed by atoms with van der Waals surface area (Å²) in [7, 11) is 0. The van der Waals surface area contributed by atoms with Gasteiger partial charge in [0.25, 0.3) is 0 Å². The highest BCUT2D eigenvalue weighted by molar-refractivity contribution is 7.99. The summed E-state index contributed by atoms with van der Waals surface area (Å²) in [5.74, 6) is 1.19. The molecular formula is C25H33NO3S. The molecule has 5 heteroatoms. The molecule has 3 rings (SSSR count). The van der Waals surface area contributed by atoms with E-state index < -0.39 is 0 Å². The van der Waals surface area contributed by atoms with E-state index >= 15 is 0 Å². The first-order chi connectivity index (χ1) is 14.3. The number of Topliss-reactive ketones (excluding diaryl/α,β-unsaturated/α-hetero) is 1. The SMILES string of the molecule is CCSCCOC(=O)C1=C(C)NC2=C(C(=O)CC(C)(C)C2)[C@@H]1c1ccc(CC)cc1. The van der Waals surface area contributed by atoms with Crippen molar-refractivity contribution >= 4 is 23.5 Å². The van der Waals surface area contributed by atoms with E-state index in [1.807, 2.05) is 6.92 Å². The van der Waals surface area contributed by atoms with Crippen LogP contribution in [0.25, 0.3) is 0 Å². The zero-order valence-corrected chi connectivity index (χ0v) is 19.6. The fourth-order valence-corrected chi connectivity index (χ4v) is 4.89. The monoisotopic (exact) mass is 427 g/mol. The number of rotatable bonds is 7. The lowest BCUT2D eigenvalue weighted by Crippen LogP contribution is -2.38. The summed E-state index contributed by atoms with van der Waals surface area (Å²) >= 11 is 1.74. The highest BCUT2D eigenvalue weighted by Crippen LogP contribution is 2.46. The molecule has 0 amide bonds. The quantitative estimate of drug-likeness (QED) is 0.482. The molecule has 1 aromatic carbocycles. The lowest BCUT2D eigenvalue weighted by molar-refractivity contribution is -0.138. The molecule has 1 aromatic rings. The van der Waals surface area contributed by atoms with Gasteiger partial charge in [-0.3, -0.25) is 4.79 Å². The van der Waals surface area contributed by atoms with Gasteiger partial charge in [0.2, 0.25) is 0 Å². The fourth-order valence-electron chi connectivity index (χ4n) is 4.40. The lowest BCUT2D eigenvalue weighted by atomic mass is 9.68. The third-order valence-corrected chi connectivity index (χ3v) is 6.71. The minimum Gasteiger partial charge on any atom is -0.461 e. The maximum Gasteiger partial charge on any atom is 0.336 e. The van der Waals surface area contributed by atoms with Crippen LogP contribution in [0.1, 0.15) is 64.5 Å². The number of hydrogen-bond acceptors (Lipinski definition) is 5. The van der Waals surface area contributed by atoms with E-state index in [9.17, 15) is 9.59 Å². The van der Waals surface area contributed by atoms with Crippen LogP contribution in [0.15, 0.2) is 46.8 Å². The van der Waals surface area contributed by atoms with E-state index in [0.717, 1.165) is 46.9 Å². The van der Waals surface area contributed by atoms with Crippen LogP contribution < -0.4 is 5.32 Å². The normalized spacial score (nSPS) is 20.7. The number of carbonyl (C=O) groups excluding carboxylic acids is 2. The summed E-state index contributed by atoms with van der Waals surface area (Å²) in [5, 5.41) is 3.39. The number of carbonyl (C=O) groups is 2. The molecule has 1 aliphatic carbocycles. The number of aryl methyl sites for hydroxylation is 1. The Hall–Kier alpha value is -2.01. The van der Waals surface area contributed by atoms with E-state index in [1.165, 1.54) is 5.56 Å². The first kappa shape index (κ1) is 22.7. The predicted molar refractivity (Wildman–Crippen MR) is 123 cm³/mol. The van der Waals surface area contributed by atoms with Gasteiger partial charge in [0.15, 0.2) is 5.78 Å². The van der Waals surface area contributed by atoms with Gasteiger partial charge < -0.3 is 10.1 Å². The van der Waals surface area contributed by atoms with Crippen LogP contribution >= 0.6 is 11.8 Å². The summed E-state index contributed by atoms with van der Waals surface area (Å²) in [5.41, 5.74) is 5.16. The molecule has 0 radical (unpaired) electrons.